The average Bonchev–Trinajstić information content (AvgIpc) is 2.88. The smallest absolute Gasteiger partial charge is 0.724 e. The van der Waals surface area contributed by atoms with Gasteiger partial charge in [0.05, 0.1) is 6.04 Å². The maximum atomic E-state index is 12.1. The van der Waals surface area contributed by atoms with Crippen molar-refractivity contribution in [1.82, 2.24) is 20.1 Å². The van der Waals surface area contributed by atoms with Crippen LogP contribution in [0.5, 0.6) is 0 Å². The van der Waals surface area contributed by atoms with E-state index in [1.807, 2.05) is 0 Å². The summed E-state index contributed by atoms with van der Waals surface area (Å²) in [4.78, 5) is 17.5. The minimum atomic E-state index is -4.98. The third-order valence-corrected chi connectivity index (χ3v) is 3.67. The Morgan fingerprint density at radius 2 is 2.14 bits per heavy atom. The molecular formula is C9H11N4NaO6S. The van der Waals surface area contributed by atoms with Crippen LogP contribution in [0, 0.1) is 6.92 Å². The van der Waals surface area contributed by atoms with Crippen LogP contribution in [0.25, 0.3) is 0 Å². The zero-order chi connectivity index (χ0) is 14.5. The number of carbonyl (C=O) groups is 1. The van der Waals surface area contributed by atoms with Gasteiger partial charge in [-0.05, 0) is 19.8 Å². The number of aromatic nitrogens is 2. The molecule has 2 saturated heterocycles. The maximum absolute atomic E-state index is 12.1. The van der Waals surface area contributed by atoms with Gasteiger partial charge in [-0.2, -0.15) is 14.3 Å². The first kappa shape index (κ1) is 16.6. The van der Waals surface area contributed by atoms with E-state index in [0.29, 0.717) is 29.6 Å². The third-order valence-electron chi connectivity index (χ3n) is 3.32. The van der Waals surface area contributed by atoms with Gasteiger partial charge in [-0.3, -0.25) is 0 Å². The van der Waals surface area contributed by atoms with Gasteiger partial charge in [0.15, 0.2) is 5.82 Å². The molecule has 10 nitrogen and oxygen atoms in total. The van der Waals surface area contributed by atoms with Crippen molar-refractivity contribution in [2.75, 3.05) is 6.54 Å². The topological polar surface area (TPSA) is 129 Å². The number of amides is 2. The van der Waals surface area contributed by atoms with Gasteiger partial charge < -0.3 is 14.0 Å². The van der Waals surface area contributed by atoms with Crippen molar-refractivity contribution >= 4 is 16.4 Å². The van der Waals surface area contributed by atoms with Gasteiger partial charge in [-0.25, -0.2) is 13.2 Å². The Morgan fingerprint density at radius 3 is 2.71 bits per heavy atom. The molecule has 0 radical (unpaired) electrons. The van der Waals surface area contributed by atoms with E-state index in [9.17, 15) is 17.8 Å². The van der Waals surface area contributed by atoms with Crippen LogP contribution in [0.4, 0.5) is 4.79 Å². The van der Waals surface area contributed by atoms with Gasteiger partial charge in [0.1, 0.15) is 6.04 Å². The number of piperidine rings is 1. The molecule has 0 aromatic carbocycles. The predicted octanol–water partition coefficient (Wildman–Crippen LogP) is -3.29. The number of fused-ring (bicyclic) bond motifs is 2. The van der Waals surface area contributed by atoms with Crippen molar-refractivity contribution in [1.29, 1.82) is 0 Å². The molecule has 110 valence electrons. The molecule has 12 heteroatoms. The fourth-order valence-electron chi connectivity index (χ4n) is 2.53. The number of aryl methyl sites for hydroxylation is 1. The summed E-state index contributed by atoms with van der Waals surface area (Å²) in [6.45, 7) is 1.91. The molecule has 0 N–H and O–H groups in total. The van der Waals surface area contributed by atoms with E-state index in [1.165, 1.54) is 4.90 Å². The summed E-state index contributed by atoms with van der Waals surface area (Å²) in [5, 5.41) is 4.28. The molecule has 0 aliphatic carbocycles. The van der Waals surface area contributed by atoms with Crippen LogP contribution in [-0.4, -0.2) is 51.7 Å². The summed E-state index contributed by atoms with van der Waals surface area (Å²) in [5.41, 5.74) is 0. The normalized spacial score (nSPS) is 25.1. The van der Waals surface area contributed by atoms with Crippen LogP contribution in [0.2, 0.25) is 0 Å². The van der Waals surface area contributed by atoms with Crippen molar-refractivity contribution in [2.24, 2.45) is 0 Å². The van der Waals surface area contributed by atoms with Crippen LogP contribution in [-0.2, 0) is 14.7 Å². The average molecular weight is 326 g/mol. The number of urea groups is 1. The molecule has 21 heavy (non-hydrogen) atoms. The van der Waals surface area contributed by atoms with E-state index in [2.05, 4.69) is 14.4 Å². The second-order valence-corrected chi connectivity index (χ2v) is 5.64. The first-order chi connectivity index (χ1) is 9.35. The van der Waals surface area contributed by atoms with E-state index < -0.39 is 28.5 Å². The Morgan fingerprint density at radius 1 is 1.43 bits per heavy atom. The molecule has 3 heterocycles. The SMILES string of the molecule is Cc1noc([C@@H]2CC[C@@H]3CN2C(=O)N3OS(=O)(=O)[O-])n1.[Na+]. The number of hydrogen-bond acceptors (Lipinski definition) is 8. The molecule has 0 unspecified atom stereocenters. The van der Waals surface area contributed by atoms with E-state index in [4.69, 9.17) is 4.52 Å². The Kier molecular flexibility index (Phi) is 4.61. The summed E-state index contributed by atoms with van der Waals surface area (Å²) in [7, 11) is -4.98. The van der Waals surface area contributed by atoms with Crippen LogP contribution in [0.15, 0.2) is 4.52 Å². The maximum Gasteiger partial charge on any atom is 1.00 e. The Balaban J connectivity index is 0.00000161. The number of hydrogen-bond donors (Lipinski definition) is 0. The quantitative estimate of drug-likeness (QED) is 0.321. The van der Waals surface area contributed by atoms with Crippen LogP contribution >= 0.6 is 0 Å². The summed E-state index contributed by atoms with van der Waals surface area (Å²) in [6.07, 6.45) is 1.00. The zero-order valence-electron chi connectivity index (χ0n) is 11.4. The molecule has 0 saturated carbocycles. The van der Waals surface area contributed by atoms with Crippen molar-refractivity contribution < 1.29 is 56.1 Å². The van der Waals surface area contributed by atoms with Gasteiger partial charge >= 0.3 is 35.6 Å². The fourth-order valence-corrected chi connectivity index (χ4v) is 2.92. The minimum absolute atomic E-state index is 0. The first-order valence-electron chi connectivity index (χ1n) is 5.90. The molecule has 2 aliphatic rings. The molecule has 1 aromatic heterocycles. The van der Waals surface area contributed by atoms with Gasteiger partial charge in [-0.15, -0.1) is 0 Å². The number of hydroxylamine groups is 2. The molecule has 2 aliphatic heterocycles. The summed E-state index contributed by atoms with van der Waals surface area (Å²) < 4.78 is 41.2. The second-order valence-electron chi connectivity index (χ2n) is 4.67. The summed E-state index contributed by atoms with van der Waals surface area (Å²) in [6, 6.07) is -1.58. The van der Waals surface area contributed by atoms with Crippen LogP contribution in [0.1, 0.15) is 30.6 Å². The number of nitrogens with zero attached hydrogens (tertiary/aromatic N) is 4. The third kappa shape index (κ3) is 3.22. The Hall–Kier alpha value is -0.720. The molecule has 2 bridgehead atoms. The molecule has 2 atom stereocenters. The molecule has 2 amide bonds. The van der Waals surface area contributed by atoms with Crippen LogP contribution in [0.3, 0.4) is 0 Å². The summed E-state index contributed by atoms with van der Waals surface area (Å²) in [5.74, 6) is 0.741. The van der Waals surface area contributed by atoms with Gasteiger partial charge in [0.2, 0.25) is 16.3 Å². The van der Waals surface area contributed by atoms with Crippen molar-refractivity contribution in [3.05, 3.63) is 11.7 Å². The molecule has 3 rings (SSSR count). The monoisotopic (exact) mass is 326 g/mol. The van der Waals surface area contributed by atoms with Crippen LogP contribution < -0.4 is 29.6 Å². The standard InChI is InChI=1S/C9H12N4O6S.Na/c1-5-10-8(18-11-5)7-3-2-6-4-12(7)9(14)13(6)19-20(15,16)17;/h6-7H,2-4H2,1H3,(H,15,16,17);/q;+1/p-1/t6-,7+;/m1./s1. The Bertz CT molecular complexity index is 648. The second kappa shape index (κ2) is 5.82. The van der Waals surface area contributed by atoms with E-state index in [-0.39, 0.29) is 36.1 Å². The molecule has 1 aromatic rings. The predicted molar refractivity (Wildman–Crippen MR) is 59.5 cm³/mol. The minimum Gasteiger partial charge on any atom is -0.724 e. The number of carbonyl (C=O) groups excluding carboxylic acids is 1. The van der Waals surface area contributed by atoms with Gasteiger partial charge in [-0.1, -0.05) is 5.16 Å². The van der Waals surface area contributed by atoms with E-state index in [0.717, 1.165) is 0 Å². The molecular weight excluding hydrogens is 315 g/mol. The molecule has 2 fully saturated rings. The van der Waals surface area contributed by atoms with E-state index in [1.54, 1.807) is 6.92 Å². The fraction of sp³-hybridized carbons (Fsp3) is 0.667. The first-order valence-corrected chi connectivity index (χ1v) is 7.24. The number of rotatable bonds is 3. The summed E-state index contributed by atoms with van der Waals surface area (Å²) >= 11 is 0. The van der Waals surface area contributed by atoms with Gasteiger partial charge in [0, 0.05) is 6.54 Å². The molecule has 0 spiro atoms. The zero-order valence-corrected chi connectivity index (χ0v) is 14.2. The van der Waals surface area contributed by atoms with Crippen molar-refractivity contribution in [3.63, 3.8) is 0 Å². The largest absolute Gasteiger partial charge is 1.00 e. The van der Waals surface area contributed by atoms with E-state index >= 15 is 0 Å². The van der Waals surface area contributed by atoms with Crippen molar-refractivity contribution in [3.8, 4) is 0 Å². The van der Waals surface area contributed by atoms with Gasteiger partial charge in [0.25, 0.3) is 0 Å². The van der Waals surface area contributed by atoms with Crippen molar-refractivity contribution in [2.45, 2.75) is 31.8 Å². The Labute approximate surface area is 142 Å².